The molecule has 0 aromatic heterocycles. The van der Waals surface area contributed by atoms with Gasteiger partial charge in [0, 0.05) is 0 Å². The molecule has 6 heteroatoms. The van der Waals surface area contributed by atoms with E-state index in [4.69, 9.17) is 14.2 Å². The third kappa shape index (κ3) is 5.95. The van der Waals surface area contributed by atoms with Crippen molar-refractivity contribution in [1.82, 2.24) is 0 Å². The van der Waals surface area contributed by atoms with Gasteiger partial charge in [0.1, 0.15) is 6.61 Å². The van der Waals surface area contributed by atoms with Crippen LogP contribution in [-0.2, 0) is 19.0 Å². The van der Waals surface area contributed by atoms with Gasteiger partial charge < -0.3 is 14.2 Å². The lowest BCUT2D eigenvalue weighted by atomic mass is 10.1. The van der Waals surface area contributed by atoms with Crippen LogP contribution in [0.1, 0.15) is 38.8 Å². The van der Waals surface area contributed by atoms with Gasteiger partial charge >= 0.3 is 17.9 Å². The van der Waals surface area contributed by atoms with E-state index in [0.717, 1.165) is 11.1 Å². The Morgan fingerprint density at radius 1 is 0.778 bits per heavy atom. The van der Waals surface area contributed by atoms with Crippen LogP contribution >= 0.6 is 0 Å². The SMILES string of the molecule is CCOC(=O)[C@@H](COC(=O)c1ccc(C)cc1)OC(=O)c1ccc(C)cc1. The Morgan fingerprint density at radius 2 is 1.26 bits per heavy atom. The molecule has 0 aliphatic heterocycles. The maximum atomic E-state index is 12.3. The first-order valence-electron chi connectivity index (χ1n) is 8.58. The van der Waals surface area contributed by atoms with Gasteiger partial charge in [-0.3, -0.25) is 0 Å². The average molecular weight is 370 g/mol. The molecule has 0 unspecified atom stereocenters. The predicted octanol–water partition coefficient (Wildman–Crippen LogP) is 3.25. The van der Waals surface area contributed by atoms with Crippen LogP contribution < -0.4 is 0 Å². The van der Waals surface area contributed by atoms with Crippen molar-refractivity contribution in [3.05, 3.63) is 70.8 Å². The van der Waals surface area contributed by atoms with E-state index in [-0.39, 0.29) is 6.61 Å². The summed E-state index contributed by atoms with van der Waals surface area (Å²) in [7, 11) is 0. The number of aryl methyl sites for hydroxylation is 2. The van der Waals surface area contributed by atoms with Gasteiger partial charge in [-0.2, -0.15) is 0 Å². The van der Waals surface area contributed by atoms with Crippen LogP contribution in [0.5, 0.6) is 0 Å². The largest absolute Gasteiger partial charge is 0.463 e. The average Bonchev–Trinajstić information content (AvgIpc) is 2.66. The molecule has 2 aromatic carbocycles. The first-order valence-corrected chi connectivity index (χ1v) is 8.58. The maximum Gasteiger partial charge on any atom is 0.351 e. The number of rotatable bonds is 7. The predicted molar refractivity (Wildman–Crippen MR) is 98.5 cm³/mol. The fourth-order valence-corrected chi connectivity index (χ4v) is 2.20. The van der Waals surface area contributed by atoms with Crippen molar-refractivity contribution in [1.29, 1.82) is 0 Å². The number of carbonyl (C=O) groups is 3. The molecule has 0 fully saturated rings. The van der Waals surface area contributed by atoms with Crippen molar-refractivity contribution in [2.24, 2.45) is 0 Å². The molecule has 0 N–H and O–H groups in total. The highest BCUT2D eigenvalue weighted by Crippen LogP contribution is 2.10. The van der Waals surface area contributed by atoms with Gasteiger partial charge in [-0.05, 0) is 45.0 Å². The molecule has 2 rings (SSSR count). The van der Waals surface area contributed by atoms with Crippen molar-refractivity contribution in [3.8, 4) is 0 Å². The van der Waals surface area contributed by atoms with Crippen LogP contribution in [0.2, 0.25) is 0 Å². The van der Waals surface area contributed by atoms with E-state index < -0.39 is 30.6 Å². The number of carbonyl (C=O) groups excluding carboxylic acids is 3. The van der Waals surface area contributed by atoms with E-state index in [2.05, 4.69) is 0 Å². The van der Waals surface area contributed by atoms with E-state index in [1.165, 1.54) is 0 Å². The fourth-order valence-electron chi connectivity index (χ4n) is 2.20. The highest BCUT2D eigenvalue weighted by atomic mass is 16.6. The zero-order valence-electron chi connectivity index (χ0n) is 15.6. The van der Waals surface area contributed by atoms with Crippen molar-refractivity contribution in [2.75, 3.05) is 13.2 Å². The minimum atomic E-state index is -1.34. The highest BCUT2D eigenvalue weighted by Gasteiger charge is 2.27. The van der Waals surface area contributed by atoms with E-state index in [0.29, 0.717) is 11.1 Å². The summed E-state index contributed by atoms with van der Waals surface area (Å²) in [6.07, 6.45) is -1.34. The molecule has 0 saturated heterocycles. The lowest BCUT2D eigenvalue weighted by molar-refractivity contribution is -0.155. The normalized spacial score (nSPS) is 11.4. The number of esters is 3. The Hall–Kier alpha value is -3.15. The first kappa shape index (κ1) is 20.2. The molecule has 0 aliphatic rings. The van der Waals surface area contributed by atoms with Gasteiger partial charge in [0.25, 0.3) is 0 Å². The van der Waals surface area contributed by atoms with Crippen LogP contribution in [0, 0.1) is 13.8 Å². The molecule has 0 heterocycles. The maximum absolute atomic E-state index is 12.3. The Balaban J connectivity index is 2.04. The monoisotopic (exact) mass is 370 g/mol. The van der Waals surface area contributed by atoms with Gasteiger partial charge in [0.2, 0.25) is 6.10 Å². The molecule has 0 radical (unpaired) electrons. The summed E-state index contributed by atoms with van der Waals surface area (Å²) in [5.74, 6) is -2.08. The number of hydrogen-bond donors (Lipinski definition) is 0. The summed E-state index contributed by atoms with van der Waals surface area (Å²) >= 11 is 0. The second-order valence-corrected chi connectivity index (χ2v) is 5.98. The van der Waals surface area contributed by atoms with E-state index in [1.54, 1.807) is 55.5 Å². The third-order valence-electron chi connectivity index (χ3n) is 3.74. The molecule has 2 aromatic rings. The summed E-state index contributed by atoms with van der Waals surface area (Å²) in [6.45, 7) is 5.11. The molecule has 0 spiro atoms. The molecule has 27 heavy (non-hydrogen) atoms. The van der Waals surface area contributed by atoms with Gasteiger partial charge in [-0.15, -0.1) is 0 Å². The molecule has 0 bridgehead atoms. The van der Waals surface area contributed by atoms with Gasteiger partial charge in [0.15, 0.2) is 0 Å². The molecule has 142 valence electrons. The lowest BCUT2D eigenvalue weighted by Crippen LogP contribution is -2.34. The van der Waals surface area contributed by atoms with Gasteiger partial charge in [0.05, 0.1) is 17.7 Å². The summed E-state index contributed by atoms with van der Waals surface area (Å²) in [4.78, 5) is 36.4. The summed E-state index contributed by atoms with van der Waals surface area (Å²) in [5.41, 5.74) is 2.62. The van der Waals surface area contributed by atoms with Crippen LogP contribution in [-0.4, -0.2) is 37.2 Å². The van der Waals surface area contributed by atoms with Crippen LogP contribution in [0.4, 0.5) is 0 Å². The van der Waals surface area contributed by atoms with Crippen molar-refractivity contribution in [3.63, 3.8) is 0 Å². The Kier molecular flexibility index (Phi) is 7.11. The van der Waals surface area contributed by atoms with Crippen LogP contribution in [0.25, 0.3) is 0 Å². The summed E-state index contributed by atoms with van der Waals surface area (Å²) < 4.78 is 15.2. The summed E-state index contributed by atoms with van der Waals surface area (Å²) in [5, 5.41) is 0. The minimum absolute atomic E-state index is 0.114. The fraction of sp³-hybridized carbons (Fsp3) is 0.286. The number of ether oxygens (including phenoxy) is 3. The molecular formula is C21H22O6. The second-order valence-electron chi connectivity index (χ2n) is 5.98. The quantitative estimate of drug-likeness (QED) is 0.550. The summed E-state index contributed by atoms with van der Waals surface area (Å²) in [6, 6.07) is 13.5. The zero-order chi connectivity index (χ0) is 19.8. The smallest absolute Gasteiger partial charge is 0.351 e. The van der Waals surface area contributed by atoms with Crippen molar-refractivity contribution >= 4 is 17.9 Å². The Morgan fingerprint density at radius 3 is 1.74 bits per heavy atom. The van der Waals surface area contributed by atoms with Crippen LogP contribution in [0.15, 0.2) is 48.5 Å². The molecule has 0 amide bonds. The topological polar surface area (TPSA) is 78.9 Å². The minimum Gasteiger partial charge on any atom is -0.463 e. The highest BCUT2D eigenvalue weighted by molar-refractivity contribution is 5.92. The zero-order valence-corrected chi connectivity index (χ0v) is 15.6. The number of hydrogen-bond acceptors (Lipinski definition) is 6. The lowest BCUT2D eigenvalue weighted by Gasteiger charge is -2.16. The second kappa shape index (κ2) is 9.52. The Bertz CT molecular complexity index is 792. The van der Waals surface area contributed by atoms with E-state index >= 15 is 0 Å². The molecule has 1 atom stereocenters. The van der Waals surface area contributed by atoms with Crippen LogP contribution in [0.3, 0.4) is 0 Å². The van der Waals surface area contributed by atoms with Gasteiger partial charge in [-0.1, -0.05) is 35.4 Å². The van der Waals surface area contributed by atoms with Crippen molar-refractivity contribution < 1.29 is 28.6 Å². The number of benzene rings is 2. The first-order chi connectivity index (χ1) is 12.9. The molecule has 6 nitrogen and oxygen atoms in total. The Labute approximate surface area is 158 Å². The van der Waals surface area contributed by atoms with E-state index in [1.807, 2.05) is 13.8 Å². The molecule has 0 saturated carbocycles. The van der Waals surface area contributed by atoms with Crippen molar-refractivity contribution in [2.45, 2.75) is 26.9 Å². The van der Waals surface area contributed by atoms with E-state index in [9.17, 15) is 14.4 Å². The molecule has 0 aliphatic carbocycles. The standard InChI is InChI=1S/C21H22O6/c1-4-25-21(24)18(27-20(23)17-11-7-15(3)8-12-17)13-26-19(22)16-9-5-14(2)6-10-16/h5-12,18H,4,13H2,1-3H3/t18-/m1/s1. The van der Waals surface area contributed by atoms with Gasteiger partial charge in [-0.25, -0.2) is 14.4 Å². The third-order valence-corrected chi connectivity index (χ3v) is 3.74. The molecular weight excluding hydrogens is 348 g/mol.